The molecule has 0 spiro atoms. The van der Waals surface area contributed by atoms with Crippen molar-refractivity contribution in [2.24, 2.45) is 0 Å². The zero-order chi connectivity index (χ0) is 40.7. The average molecular weight is 720 g/mol. The highest BCUT2D eigenvalue weighted by Crippen LogP contribution is 2.73. The van der Waals surface area contributed by atoms with E-state index in [9.17, 15) is 8.22 Å². The molecule has 1 rings (SSSR count). The average Bonchev–Trinajstić information content (AvgIpc) is 3.32. The van der Waals surface area contributed by atoms with Crippen LogP contribution in [0.1, 0.15) is 174 Å². The lowest BCUT2D eigenvalue weighted by Crippen LogP contribution is -2.87. The van der Waals surface area contributed by atoms with Crippen LogP contribution in [0.15, 0.2) is 0 Å². The maximum absolute atomic E-state index is 10.3. The van der Waals surface area contributed by atoms with Crippen LogP contribution < -0.4 is 0 Å². The van der Waals surface area contributed by atoms with E-state index >= 15 is 0 Å². The Labute approximate surface area is 289 Å². The van der Waals surface area contributed by atoms with Crippen LogP contribution >= 0.6 is 0 Å². The number of hydrogen-bond acceptors (Lipinski definition) is 0. The van der Waals surface area contributed by atoms with Gasteiger partial charge in [0.05, 0.1) is 36.5 Å². The molecular formula is C36H84Si7. The Morgan fingerprint density at radius 3 is 0.605 bits per heavy atom. The maximum atomic E-state index is 10.3. The first-order valence-corrected chi connectivity index (χ1v) is 38.2. The van der Waals surface area contributed by atoms with Gasteiger partial charge in [-0.15, -0.1) is 0 Å². The zero-order valence-electron chi connectivity index (χ0n) is 40.5. The minimum absolute atomic E-state index is 0.00456. The predicted octanol–water partition coefficient (Wildman–Crippen LogP) is 13.7. The van der Waals surface area contributed by atoms with E-state index in [1.807, 2.05) is 0 Å². The second-order valence-electron chi connectivity index (χ2n) is 23.2. The highest BCUT2D eigenvalue weighted by atomic mass is 30.5. The second kappa shape index (κ2) is 10.8. The zero-order valence-corrected chi connectivity index (χ0v) is 41.5. The van der Waals surface area contributed by atoms with Gasteiger partial charge in [0.2, 0.25) is 0 Å². The van der Waals surface area contributed by atoms with Crippen molar-refractivity contribution in [3.63, 3.8) is 0 Å². The van der Waals surface area contributed by atoms with Gasteiger partial charge in [-0.2, -0.15) is 0 Å². The van der Waals surface area contributed by atoms with Gasteiger partial charge in [-0.05, 0) is 54.2 Å². The van der Waals surface area contributed by atoms with Gasteiger partial charge in [0.1, 0.15) is 0 Å². The summed E-state index contributed by atoms with van der Waals surface area (Å²) in [6, 6.07) is 0. The SMILES string of the molecule is [2H]C([2H])([2H])[Si](C(C)(C)C)(C(C)(C)C)[Si]1([Si](C([2H])([2H])[2H])(C(C)(C)C)C(C)(C)C)[Si]([Si](C)(C(C)(C)C)C(C)(C)C)=[Si]1[Si](C)(C(C)(C)C)C(C)(C)C. The lowest BCUT2D eigenvalue weighted by molar-refractivity contribution is 0.624. The van der Waals surface area contributed by atoms with Gasteiger partial charge in [-0.25, -0.2) is 0 Å². The van der Waals surface area contributed by atoms with Gasteiger partial charge < -0.3 is 0 Å². The number of hydrogen-bond donors (Lipinski definition) is 0. The molecular weight excluding hydrogens is 629 g/mol. The molecule has 0 N–H and O–H groups in total. The molecule has 1 aliphatic rings. The Kier molecular flexibility index (Phi) is 8.26. The molecule has 0 amide bonds. The van der Waals surface area contributed by atoms with E-state index in [2.05, 4.69) is 179 Å². The summed E-state index contributed by atoms with van der Waals surface area (Å²) in [4.78, 5) is 0. The number of rotatable bonds is 4. The van der Waals surface area contributed by atoms with Crippen LogP contribution in [0, 0.1) is 0 Å². The minimum atomic E-state index is -3.64. The summed E-state index contributed by atoms with van der Waals surface area (Å²) in [5, 5.41) is -1.98. The van der Waals surface area contributed by atoms with Gasteiger partial charge >= 0.3 is 0 Å². The lowest BCUT2D eigenvalue weighted by Gasteiger charge is -2.69. The van der Waals surface area contributed by atoms with Crippen LogP contribution in [0.5, 0.6) is 0 Å². The Bertz CT molecular complexity index is 1090. The van der Waals surface area contributed by atoms with Gasteiger partial charge in [-0.1, -0.05) is 192 Å². The third-order valence-corrected chi connectivity index (χ3v) is 176. The molecule has 1 aliphatic heterocycles. The molecule has 0 aliphatic carbocycles. The summed E-state index contributed by atoms with van der Waals surface area (Å²) in [6.07, 6.45) is -3.31. The smallest absolute Gasteiger partial charge is 0.0632 e. The second-order valence-corrected chi connectivity index (χ2v) is 92.2. The molecule has 0 aromatic heterocycles. The Morgan fingerprint density at radius 1 is 0.349 bits per heavy atom. The minimum Gasteiger partial charge on any atom is -0.0705 e. The van der Waals surface area contributed by atoms with Crippen LogP contribution in [0.2, 0.25) is 66.4 Å². The van der Waals surface area contributed by atoms with Crippen LogP contribution in [-0.4, -0.2) is 50.4 Å². The third kappa shape index (κ3) is 5.43. The first kappa shape index (κ1) is 33.0. The summed E-state index contributed by atoms with van der Waals surface area (Å²) < 4.78 is 61.7. The molecule has 1 heterocycles. The first-order valence-electron chi connectivity index (χ1n) is 20.2. The van der Waals surface area contributed by atoms with Crippen LogP contribution in [0.25, 0.3) is 0 Å². The summed E-state index contributed by atoms with van der Waals surface area (Å²) in [6.45, 7) is 55.6. The highest BCUT2D eigenvalue weighted by Gasteiger charge is 2.88. The largest absolute Gasteiger partial charge is 0.0705 e. The van der Waals surface area contributed by atoms with E-state index in [-0.39, 0.29) is 20.2 Å². The van der Waals surface area contributed by atoms with E-state index in [1.54, 1.807) is 0 Å². The fourth-order valence-electron chi connectivity index (χ4n) is 10.8. The Morgan fingerprint density at radius 2 is 0.512 bits per heavy atom. The summed E-state index contributed by atoms with van der Waals surface area (Å²) in [5.41, 5.74) is 0. The molecule has 0 radical (unpaired) electrons. The lowest BCUT2D eigenvalue weighted by atomic mass is 10.2. The van der Waals surface area contributed by atoms with E-state index in [4.69, 9.17) is 0 Å². The summed E-state index contributed by atoms with van der Waals surface area (Å²) in [5.74, 6) is 0. The molecule has 43 heavy (non-hydrogen) atoms. The van der Waals surface area contributed by atoms with Crippen LogP contribution in [0.3, 0.4) is 0 Å². The molecule has 0 unspecified atom stereocenters. The quantitative estimate of drug-likeness (QED) is 0.254. The molecule has 0 saturated heterocycles. The van der Waals surface area contributed by atoms with Crippen molar-refractivity contribution >= 4 is 50.4 Å². The molecule has 0 aromatic carbocycles. The first-order chi connectivity index (χ1) is 20.5. The van der Waals surface area contributed by atoms with E-state index in [1.165, 1.54) is 0 Å². The molecule has 0 bridgehead atoms. The van der Waals surface area contributed by atoms with Crippen molar-refractivity contribution in [1.82, 2.24) is 0 Å². The van der Waals surface area contributed by atoms with E-state index < -0.39 is 83.5 Å². The van der Waals surface area contributed by atoms with Crippen molar-refractivity contribution in [3.05, 3.63) is 0 Å². The summed E-state index contributed by atoms with van der Waals surface area (Å²) in [7, 11) is -12.2. The fourth-order valence-corrected chi connectivity index (χ4v) is 353. The van der Waals surface area contributed by atoms with E-state index in [0.29, 0.717) is 0 Å². The third-order valence-electron chi connectivity index (χ3n) is 13.6. The molecule has 0 fully saturated rings. The highest BCUT2D eigenvalue weighted by molar-refractivity contribution is 8.30. The molecule has 7 heteroatoms. The van der Waals surface area contributed by atoms with Gasteiger partial charge in [0.25, 0.3) is 0 Å². The molecule has 0 saturated carbocycles. The molecule has 0 nitrogen and oxygen atoms in total. The standard InChI is InChI=1S/C36H84Si7/c1-29(2,3)39(25,30(4,5)6)37-38(40(26,31(7,8)9)32(10,11)12)43(37,41(27,33(13,14)15)34(16,17)18)42(28,35(19,20)21)36(22,23)24/h1-28H3/i27D3,28D3. The van der Waals surface area contributed by atoms with E-state index in [0.717, 1.165) is 0 Å². The molecule has 256 valence electrons. The van der Waals surface area contributed by atoms with Crippen molar-refractivity contribution in [2.45, 2.75) is 233 Å². The van der Waals surface area contributed by atoms with Crippen molar-refractivity contribution in [1.29, 1.82) is 0 Å². The van der Waals surface area contributed by atoms with Crippen molar-refractivity contribution in [3.8, 4) is 0 Å². The van der Waals surface area contributed by atoms with Crippen LogP contribution in [-0.2, 0) is 0 Å². The summed E-state index contributed by atoms with van der Waals surface area (Å²) >= 11 is 0. The van der Waals surface area contributed by atoms with Gasteiger partial charge in [-0.3, -0.25) is 0 Å². The Balaban J connectivity index is 5.82. The predicted molar refractivity (Wildman–Crippen MR) is 221 cm³/mol. The van der Waals surface area contributed by atoms with Gasteiger partial charge in [0.15, 0.2) is 0 Å². The normalized spacial score (nSPS) is 21.9. The fraction of sp³-hybridized carbons (Fsp3) is 1.00. The molecule has 0 aromatic rings. The molecule has 0 atom stereocenters. The van der Waals surface area contributed by atoms with Crippen molar-refractivity contribution in [2.75, 3.05) is 0 Å². The maximum Gasteiger partial charge on any atom is 0.0632 e. The monoisotopic (exact) mass is 719 g/mol. The topological polar surface area (TPSA) is 0 Å². The van der Waals surface area contributed by atoms with Crippen LogP contribution in [0.4, 0.5) is 0 Å². The Hall–Kier alpha value is 1.52. The van der Waals surface area contributed by atoms with Gasteiger partial charge in [0, 0.05) is 8.22 Å². The van der Waals surface area contributed by atoms with Crippen molar-refractivity contribution < 1.29 is 8.22 Å².